The van der Waals surface area contributed by atoms with Gasteiger partial charge in [0.25, 0.3) is 0 Å². The number of ether oxygens (including phenoxy) is 1. The third-order valence-corrected chi connectivity index (χ3v) is 14.5. The molecule has 0 rings (SSSR count). The van der Waals surface area contributed by atoms with Crippen molar-refractivity contribution >= 4 is 11.9 Å². The zero-order valence-corrected chi connectivity index (χ0v) is 46.6. The molecule has 3 N–H and O–H groups in total. The third kappa shape index (κ3) is 55.5. The molecule has 0 saturated carbocycles. The topological polar surface area (TPSA) is 95.9 Å². The summed E-state index contributed by atoms with van der Waals surface area (Å²) in [7, 11) is 0. The van der Waals surface area contributed by atoms with Crippen molar-refractivity contribution in [2.24, 2.45) is 0 Å². The summed E-state index contributed by atoms with van der Waals surface area (Å²) >= 11 is 0. The van der Waals surface area contributed by atoms with E-state index in [-0.39, 0.29) is 18.5 Å². The summed E-state index contributed by atoms with van der Waals surface area (Å²) in [4.78, 5) is 24.5. The number of aliphatic hydroxyl groups is 2. The Morgan fingerprint density at radius 3 is 1.03 bits per heavy atom. The molecule has 0 bridgehead atoms. The van der Waals surface area contributed by atoms with Gasteiger partial charge in [-0.05, 0) is 57.8 Å². The van der Waals surface area contributed by atoms with E-state index in [0.717, 1.165) is 38.5 Å². The van der Waals surface area contributed by atoms with Gasteiger partial charge in [0.1, 0.15) is 0 Å². The van der Waals surface area contributed by atoms with E-state index in [2.05, 4.69) is 31.3 Å². The first-order valence-electron chi connectivity index (χ1n) is 31.1. The molecule has 0 saturated heterocycles. The molecule has 0 spiro atoms. The minimum atomic E-state index is -0.846. The van der Waals surface area contributed by atoms with Crippen LogP contribution in [0, 0.1) is 0 Å². The van der Waals surface area contributed by atoms with Crippen LogP contribution in [0.3, 0.4) is 0 Å². The molecule has 0 aromatic carbocycles. The summed E-state index contributed by atoms with van der Waals surface area (Å²) in [6.45, 7) is 4.92. The molecule has 408 valence electrons. The van der Waals surface area contributed by atoms with Gasteiger partial charge < -0.3 is 20.3 Å². The predicted molar refractivity (Wildman–Crippen MR) is 301 cm³/mol. The van der Waals surface area contributed by atoms with E-state index in [9.17, 15) is 19.8 Å². The van der Waals surface area contributed by atoms with Crippen molar-refractivity contribution in [3.63, 3.8) is 0 Å². The lowest BCUT2D eigenvalue weighted by molar-refractivity contribution is -0.143. The van der Waals surface area contributed by atoms with Crippen LogP contribution in [0.25, 0.3) is 0 Å². The van der Waals surface area contributed by atoms with Gasteiger partial charge in [0.15, 0.2) is 0 Å². The van der Waals surface area contributed by atoms with Crippen LogP contribution in [0.5, 0.6) is 0 Å². The van der Waals surface area contributed by atoms with Gasteiger partial charge in [-0.2, -0.15) is 0 Å². The second kappa shape index (κ2) is 58.9. The molecule has 6 heteroatoms. The minimum Gasteiger partial charge on any atom is -0.466 e. The van der Waals surface area contributed by atoms with Gasteiger partial charge in [0.05, 0.1) is 25.4 Å². The maximum Gasteiger partial charge on any atom is 0.305 e. The highest BCUT2D eigenvalue weighted by molar-refractivity contribution is 5.76. The predicted octanol–water partition coefficient (Wildman–Crippen LogP) is 19.4. The smallest absolute Gasteiger partial charge is 0.305 e. The number of hydrogen-bond donors (Lipinski definition) is 3. The van der Waals surface area contributed by atoms with E-state index in [1.54, 1.807) is 6.08 Å². The monoisotopic (exact) mass is 972 g/mol. The first-order valence-corrected chi connectivity index (χ1v) is 31.1. The molecule has 0 radical (unpaired) electrons. The van der Waals surface area contributed by atoms with Crippen molar-refractivity contribution in [3.8, 4) is 0 Å². The number of unbranched alkanes of at least 4 members (excludes halogenated alkanes) is 45. The molecular weight excluding hydrogens is 851 g/mol. The summed E-state index contributed by atoms with van der Waals surface area (Å²) in [6.07, 6.45) is 72.2. The molecule has 0 aliphatic carbocycles. The molecule has 1 amide bonds. The Hall–Kier alpha value is -1.66. The van der Waals surface area contributed by atoms with Crippen LogP contribution in [0.4, 0.5) is 0 Å². The van der Waals surface area contributed by atoms with Gasteiger partial charge in [-0.3, -0.25) is 9.59 Å². The number of carbonyl (C=O) groups excluding carboxylic acids is 2. The van der Waals surface area contributed by atoms with Crippen molar-refractivity contribution in [1.29, 1.82) is 0 Å². The Morgan fingerprint density at radius 1 is 0.391 bits per heavy atom. The SMILES string of the molecule is CCCCCCCCCCCCCC/C=C/C(O)C(CO)NC(=O)CCCCCCCCCC/C=C\CCCCCCCCCCCCCCOC(=O)CCCCCCCCCCCCCCCC. The number of esters is 1. The van der Waals surface area contributed by atoms with E-state index in [0.29, 0.717) is 19.4 Å². The Balaban J connectivity index is 3.41. The number of carbonyl (C=O) groups is 2. The van der Waals surface area contributed by atoms with Crippen LogP contribution in [0.15, 0.2) is 24.3 Å². The fourth-order valence-corrected chi connectivity index (χ4v) is 9.69. The Labute approximate surface area is 431 Å². The van der Waals surface area contributed by atoms with Crippen molar-refractivity contribution in [1.82, 2.24) is 5.32 Å². The third-order valence-electron chi connectivity index (χ3n) is 14.5. The molecule has 6 nitrogen and oxygen atoms in total. The standard InChI is InChI=1S/C63H121NO5/c1-3-5-7-9-11-13-15-17-31-35-39-43-47-51-55-61(66)60(59-65)64-62(67)56-52-48-44-40-36-32-29-27-25-23-21-19-20-22-24-26-28-30-34-38-42-46-50-54-58-69-63(68)57-53-49-45-41-37-33-18-16-14-12-10-8-6-4-2/h21,23,51,55,60-61,65-66H,3-20,22,24-50,52-54,56-59H2,1-2H3,(H,64,67)/b23-21-,55-51+. The molecular formula is C63H121NO5. The molecule has 0 heterocycles. The fraction of sp³-hybridized carbons (Fsp3) is 0.905. The van der Waals surface area contributed by atoms with Crippen molar-refractivity contribution in [3.05, 3.63) is 24.3 Å². The lowest BCUT2D eigenvalue weighted by Gasteiger charge is -2.20. The second-order valence-electron chi connectivity index (χ2n) is 21.4. The Bertz CT molecular complexity index is 1080. The number of hydrogen-bond acceptors (Lipinski definition) is 5. The van der Waals surface area contributed by atoms with Crippen molar-refractivity contribution in [2.45, 2.75) is 353 Å². The molecule has 2 unspecified atom stereocenters. The average molecular weight is 973 g/mol. The normalized spacial score (nSPS) is 12.7. The summed E-state index contributed by atoms with van der Waals surface area (Å²) in [5.74, 6) is -0.0567. The number of aliphatic hydroxyl groups excluding tert-OH is 2. The molecule has 0 fully saturated rings. The molecule has 2 atom stereocenters. The van der Waals surface area contributed by atoms with Crippen molar-refractivity contribution in [2.75, 3.05) is 13.2 Å². The number of rotatable bonds is 58. The van der Waals surface area contributed by atoms with E-state index in [1.807, 2.05) is 6.08 Å². The van der Waals surface area contributed by atoms with Gasteiger partial charge in [-0.25, -0.2) is 0 Å². The van der Waals surface area contributed by atoms with E-state index in [1.165, 1.54) is 276 Å². The second-order valence-corrected chi connectivity index (χ2v) is 21.4. The molecule has 0 aliphatic heterocycles. The highest BCUT2D eigenvalue weighted by atomic mass is 16.5. The lowest BCUT2D eigenvalue weighted by atomic mass is 10.0. The largest absolute Gasteiger partial charge is 0.466 e. The Morgan fingerprint density at radius 2 is 0.681 bits per heavy atom. The van der Waals surface area contributed by atoms with Crippen LogP contribution in [0.1, 0.15) is 341 Å². The number of allylic oxidation sites excluding steroid dienone is 3. The zero-order chi connectivity index (χ0) is 50.0. The lowest BCUT2D eigenvalue weighted by Crippen LogP contribution is -2.45. The van der Waals surface area contributed by atoms with Gasteiger partial charge in [-0.15, -0.1) is 0 Å². The van der Waals surface area contributed by atoms with Gasteiger partial charge in [0.2, 0.25) is 5.91 Å². The van der Waals surface area contributed by atoms with Gasteiger partial charge in [-0.1, -0.05) is 295 Å². The van der Waals surface area contributed by atoms with Crippen LogP contribution >= 0.6 is 0 Å². The Kier molecular flexibility index (Phi) is 57.5. The van der Waals surface area contributed by atoms with Crippen LogP contribution in [0.2, 0.25) is 0 Å². The first-order chi connectivity index (χ1) is 34.0. The van der Waals surface area contributed by atoms with E-state index >= 15 is 0 Å². The van der Waals surface area contributed by atoms with Crippen LogP contribution in [-0.4, -0.2) is 47.4 Å². The van der Waals surface area contributed by atoms with Crippen LogP contribution in [-0.2, 0) is 14.3 Å². The van der Waals surface area contributed by atoms with Gasteiger partial charge >= 0.3 is 5.97 Å². The summed E-state index contributed by atoms with van der Waals surface area (Å²) < 4.78 is 5.48. The average Bonchev–Trinajstić information content (AvgIpc) is 3.35. The zero-order valence-electron chi connectivity index (χ0n) is 46.6. The summed E-state index contributed by atoms with van der Waals surface area (Å²) in [5, 5.41) is 23.1. The maximum atomic E-state index is 12.5. The quantitative estimate of drug-likeness (QED) is 0.0321. The summed E-state index contributed by atoms with van der Waals surface area (Å²) in [5.41, 5.74) is 0. The number of nitrogens with one attached hydrogen (secondary N) is 1. The van der Waals surface area contributed by atoms with Gasteiger partial charge in [0, 0.05) is 12.8 Å². The fourth-order valence-electron chi connectivity index (χ4n) is 9.69. The first kappa shape index (κ1) is 67.3. The van der Waals surface area contributed by atoms with Crippen LogP contribution < -0.4 is 5.32 Å². The number of amides is 1. The highest BCUT2D eigenvalue weighted by Crippen LogP contribution is 2.17. The molecule has 0 aromatic heterocycles. The van der Waals surface area contributed by atoms with E-state index in [4.69, 9.17) is 4.74 Å². The maximum absolute atomic E-state index is 12.5. The molecule has 0 aromatic rings. The van der Waals surface area contributed by atoms with Crippen molar-refractivity contribution < 1.29 is 24.5 Å². The molecule has 69 heavy (non-hydrogen) atoms. The summed E-state index contributed by atoms with van der Waals surface area (Å²) in [6, 6.07) is -0.630. The minimum absolute atomic E-state index is 0.0145. The highest BCUT2D eigenvalue weighted by Gasteiger charge is 2.18. The van der Waals surface area contributed by atoms with E-state index < -0.39 is 12.1 Å². The molecule has 0 aliphatic rings.